The lowest BCUT2D eigenvalue weighted by Gasteiger charge is -2.24. The Labute approximate surface area is 413 Å². The Morgan fingerprint density at radius 2 is 1.65 bits per heavy atom. The fourth-order valence-electron chi connectivity index (χ4n) is 7.05. The minimum absolute atomic E-state index is 0.147. The van der Waals surface area contributed by atoms with Crippen LogP contribution in [-0.2, 0) is 54.5 Å². The molecule has 72 heavy (non-hydrogen) atoms. The topological polar surface area (TPSA) is 249 Å². The number of fused-ring (bicyclic) bond motifs is 1. The van der Waals surface area contributed by atoms with E-state index >= 15 is 0 Å². The first-order valence-corrected chi connectivity index (χ1v) is 25.7. The van der Waals surface area contributed by atoms with Crippen molar-refractivity contribution in [1.82, 2.24) is 30.7 Å². The fourth-order valence-corrected chi connectivity index (χ4v) is 8.57. The van der Waals surface area contributed by atoms with Crippen molar-refractivity contribution in [1.29, 1.82) is 5.41 Å². The summed E-state index contributed by atoms with van der Waals surface area (Å²) in [6.07, 6.45) is -12.0. The second-order valence-electron chi connectivity index (χ2n) is 16.3. The molecule has 0 saturated carbocycles. The number of anilines is 1. The van der Waals surface area contributed by atoms with Crippen molar-refractivity contribution in [2.24, 2.45) is 0 Å². The van der Waals surface area contributed by atoms with Gasteiger partial charge in [-0.05, 0) is 85.6 Å². The number of allylic oxidation sites excluding steroid dienone is 2. The van der Waals surface area contributed by atoms with Gasteiger partial charge in [0.2, 0.25) is 11.7 Å². The van der Waals surface area contributed by atoms with Gasteiger partial charge >= 0.3 is 31.8 Å². The Bertz CT molecular complexity index is 2920. The van der Waals surface area contributed by atoms with Gasteiger partial charge in [-0.15, -0.1) is 5.10 Å². The summed E-state index contributed by atoms with van der Waals surface area (Å²) in [6.45, 7) is -1.00. The van der Waals surface area contributed by atoms with Gasteiger partial charge in [-0.3, -0.25) is 29.0 Å². The molecule has 3 atom stereocenters. The Morgan fingerprint density at radius 1 is 1.03 bits per heavy atom. The van der Waals surface area contributed by atoms with Crippen molar-refractivity contribution in [2.45, 2.75) is 68.7 Å². The van der Waals surface area contributed by atoms with Crippen LogP contribution in [0.4, 0.5) is 49.7 Å². The SMILES string of the molecule is C[S+]([O-])N(C(=O)C(=O)NCCP(=O)(O)O)c1nn(CC(F)(F)F)c2c(-c3ccc(C#CC(C)(C)[S+](C)[O-])nc3C(Cc3cc(F)cc(F)c3)NC(=O)CNC3=C(C(=N)C(F)(F)F)CCC3(F)F)ccc(Cl)c12. The van der Waals surface area contributed by atoms with Crippen LogP contribution in [0.1, 0.15) is 49.7 Å². The number of carbonyl (C=O) groups excluding carboxylic acids is 3. The van der Waals surface area contributed by atoms with E-state index in [9.17, 15) is 81.7 Å². The first-order chi connectivity index (χ1) is 33.1. The number of hydrogen-bond donors (Lipinski definition) is 6. The molecule has 3 amide bonds. The van der Waals surface area contributed by atoms with Crippen molar-refractivity contribution in [3.63, 3.8) is 0 Å². The van der Waals surface area contributed by atoms with Crippen molar-refractivity contribution in [3.05, 3.63) is 87.3 Å². The van der Waals surface area contributed by atoms with Gasteiger partial charge in [0.15, 0.2) is 4.75 Å². The molecule has 1 aliphatic carbocycles. The van der Waals surface area contributed by atoms with E-state index in [1.165, 1.54) is 32.2 Å². The van der Waals surface area contributed by atoms with Gasteiger partial charge in [0.1, 0.15) is 35.8 Å². The molecule has 0 saturated heterocycles. The van der Waals surface area contributed by atoms with E-state index < -0.39 is 178 Å². The highest BCUT2D eigenvalue weighted by atomic mass is 35.5. The third-order valence-electron chi connectivity index (χ3n) is 10.5. The standard InChI is InChI=1S/C42H40ClF10N8O8PS2/c1-39(2,71(3)68)11-9-24-5-6-25(26-7-8-28(43)31-33(26)60(20-41(48,49)50)59-36(31)61(72(4)69)38(64)37(63)55-13-14-70(65,66)67)32(57-24)29(17-21-15-22(44)18-23(45)16-21)58-30(62)19-56-35-27(10-12-40(35,46)47)34(54)42(51,52)53/h5-8,15-16,18,29,54,56H,10,12-14,17,19-20H2,1-4H3,(H,55,63)(H,58,62)(H2,65,66,67). The molecule has 0 aliphatic heterocycles. The highest BCUT2D eigenvalue weighted by molar-refractivity contribution is 7.93. The predicted molar refractivity (Wildman–Crippen MR) is 244 cm³/mol. The minimum Gasteiger partial charge on any atom is -0.615 e. The summed E-state index contributed by atoms with van der Waals surface area (Å²) in [5, 5.41) is 16.6. The molecule has 1 aliphatic rings. The van der Waals surface area contributed by atoms with Gasteiger partial charge in [0.25, 0.3) is 5.92 Å². The molecule has 4 aromatic rings. The van der Waals surface area contributed by atoms with Crippen LogP contribution < -0.4 is 20.3 Å². The fraction of sp³-hybridized carbons (Fsp3) is 0.381. The lowest BCUT2D eigenvalue weighted by molar-refractivity contribution is -0.141. The van der Waals surface area contributed by atoms with Crippen LogP contribution in [0.15, 0.2) is 53.7 Å². The lowest BCUT2D eigenvalue weighted by Crippen LogP contribution is -2.46. The highest BCUT2D eigenvalue weighted by Crippen LogP contribution is 2.44. The van der Waals surface area contributed by atoms with Gasteiger partial charge in [-0.2, -0.15) is 35.1 Å². The van der Waals surface area contributed by atoms with Crippen molar-refractivity contribution < 1.29 is 81.7 Å². The van der Waals surface area contributed by atoms with Crippen LogP contribution in [-0.4, -0.2) is 112 Å². The highest BCUT2D eigenvalue weighted by Gasteiger charge is 2.48. The van der Waals surface area contributed by atoms with Crippen LogP contribution >= 0.6 is 19.2 Å². The van der Waals surface area contributed by atoms with E-state index in [0.29, 0.717) is 6.07 Å². The number of halogens is 11. The molecule has 16 nitrogen and oxygen atoms in total. The summed E-state index contributed by atoms with van der Waals surface area (Å²) in [4.78, 5) is 63.3. The maximum absolute atomic E-state index is 15.0. The normalized spacial score (nSPS) is 15.4. The average molecular weight is 1110 g/mol. The molecule has 390 valence electrons. The smallest absolute Gasteiger partial charge is 0.433 e. The molecule has 0 bridgehead atoms. The molecule has 5 rings (SSSR count). The first-order valence-electron chi connectivity index (χ1n) is 20.5. The van der Waals surface area contributed by atoms with E-state index in [4.69, 9.17) is 17.0 Å². The van der Waals surface area contributed by atoms with Gasteiger partial charge < -0.3 is 34.8 Å². The van der Waals surface area contributed by atoms with Crippen LogP contribution in [0, 0.1) is 28.9 Å². The molecule has 0 spiro atoms. The van der Waals surface area contributed by atoms with Gasteiger partial charge in [-0.1, -0.05) is 22.0 Å². The van der Waals surface area contributed by atoms with Crippen LogP contribution in [0.2, 0.25) is 5.02 Å². The number of benzene rings is 2. The largest absolute Gasteiger partial charge is 0.615 e. The minimum atomic E-state index is -5.36. The van der Waals surface area contributed by atoms with Crippen LogP contribution in [0.5, 0.6) is 0 Å². The van der Waals surface area contributed by atoms with Gasteiger partial charge in [-0.25, -0.2) is 13.8 Å². The van der Waals surface area contributed by atoms with Crippen molar-refractivity contribution in [3.8, 4) is 23.0 Å². The average Bonchev–Trinajstić information content (AvgIpc) is 3.75. The Balaban J connectivity index is 1.78. The number of pyridine rings is 1. The Kier molecular flexibility index (Phi) is 17.6. The van der Waals surface area contributed by atoms with Crippen LogP contribution in [0.3, 0.4) is 0 Å². The summed E-state index contributed by atoms with van der Waals surface area (Å²) in [5.41, 5.74) is -6.70. The Morgan fingerprint density at radius 3 is 2.22 bits per heavy atom. The molecular formula is C42H40ClF10N8O8PS2. The molecule has 0 radical (unpaired) electrons. The van der Waals surface area contributed by atoms with Crippen molar-refractivity contribution in [2.75, 3.05) is 36.1 Å². The van der Waals surface area contributed by atoms with E-state index in [0.717, 1.165) is 30.5 Å². The molecule has 0 fully saturated rings. The third-order valence-corrected chi connectivity index (χ3v) is 14.0. The number of aromatic nitrogens is 3. The zero-order valence-corrected chi connectivity index (χ0v) is 40.9. The van der Waals surface area contributed by atoms with E-state index in [1.54, 1.807) is 0 Å². The van der Waals surface area contributed by atoms with E-state index in [1.807, 2.05) is 10.6 Å². The second-order valence-corrected chi connectivity index (χ2v) is 21.6. The summed E-state index contributed by atoms with van der Waals surface area (Å²) >= 11 is 2.34. The maximum atomic E-state index is 15.0. The van der Waals surface area contributed by atoms with E-state index in [-0.39, 0.29) is 31.4 Å². The number of rotatable bonds is 16. The summed E-state index contributed by atoms with van der Waals surface area (Å²) in [6, 6.07) is 4.93. The molecule has 30 heteroatoms. The maximum Gasteiger partial charge on any atom is 0.433 e. The number of nitrogens with zero attached hydrogens (tertiary/aromatic N) is 4. The molecule has 6 N–H and O–H groups in total. The molecular weight excluding hydrogens is 1070 g/mol. The summed E-state index contributed by atoms with van der Waals surface area (Å²) in [7, 11) is -4.72. The number of carbonyl (C=O) groups is 3. The number of hydrogen-bond acceptors (Lipinski definition) is 10. The molecule has 2 heterocycles. The molecule has 2 aromatic carbocycles. The van der Waals surface area contributed by atoms with Crippen molar-refractivity contribution >= 4 is 81.9 Å². The Hall–Kier alpha value is -5.40. The van der Waals surface area contributed by atoms with Gasteiger partial charge in [0, 0.05) is 35.7 Å². The second kappa shape index (κ2) is 22.0. The molecule has 2 aromatic heterocycles. The monoisotopic (exact) mass is 1100 g/mol. The van der Waals surface area contributed by atoms with E-state index in [2.05, 4.69) is 27.2 Å². The zero-order valence-electron chi connectivity index (χ0n) is 37.6. The number of alkyl halides is 8. The number of amides is 3. The third kappa shape index (κ3) is 14.2. The quantitative estimate of drug-likeness (QED) is 0.0182. The molecule has 3 unspecified atom stereocenters. The number of nitrogens with one attached hydrogen (secondary N) is 4. The summed E-state index contributed by atoms with van der Waals surface area (Å²) in [5.74, 6) is -6.38. The lowest BCUT2D eigenvalue weighted by atomic mass is 9.93. The first kappa shape index (κ1) is 57.5. The van der Waals surface area contributed by atoms with Gasteiger partial charge in [0.05, 0.1) is 63.7 Å². The zero-order chi connectivity index (χ0) is 54.1. The summed E-state index contributed by atoms with van der Waals surface area (Å²) < 4.78 is 180. The van der Waals surface area contributed by atoms with Crippen LogP contribution in [0.25, 0.3) is 22.0 Å². The predicted octanol–water partition coefficient (Wildman–Crippen LogP) is 6.28.